The van der Waals surface area contributed by atoms with E-state index in [9.17, 15) is 0 Å². The number of nitriles is 1. The second-order valence-electron chi connectivity index (χ2n) is 6.46. The molecule has 2 rings (SSSR count). The van der Waals surface area contributed by atoms with Crippen molar-refractivity contribution in [3.8, 4) is 6.07 Å². The normalized spacial score (nSPS) is 24.9. The van der Waals surface area contributed by atoms with Gasteiger partial charge in [0.25, 0.3) is 0 Å². The average molecular weight is 249 g/mol. The van der Waals surface area contributed by atoms with E-state index in [0.717, 1.165) is 32.1 Å². The Morgan fingerprint density at radius 2 is 1.67 bits per heavy atom. The summed E-state index contributed by atoms with van der Waals surface area (Å²) < 4.78 is 0. The summed E-state index contributed by atoms with van der Waals surface area (Å²) in [4.78, 5) is 4.93. The van der Waals surface area contributed by atoms with Crippen molar-refractivity contribution in [1.82, 2.24) is 9.80 Å². The Hall–Kier alpha value is -0.590. The van der Waals surface area contributed by atoms with Gasteiger partial charge in [-0.25, -0.2) is 0 Å². The van der Waals surface area contributed by atoms with Crippen LogP contribution >= 0.6 is 0 Å². The number of rotatable bonds is 3. The maximum atomic E-state index is 9.17. The molecule has 3 nitrogen and oxygen atoms in total. The lowest BCUT2D eigenvalue weighted by Gasteiger charge is -2.41. The molecule has 0 unspecified atom stereocenters. The zero-order valence-electron chi connectivity index (χ0n) is 12.0. The summed E-state index contributed by atoms with van der Waals surface area (Å²) in [6, 6.07) is 2.41. The van der Waals surface area contributed by atoms with Crippen LogP contribution in [-0.4, -0.2) is 48.1 Å². The predicted octanol–water partition coefficient (Wildman–Crippen LogP) is 2.49. The van der Waals surface area contributed by atoms with Gasteiger partial charge in [0.2, 0.25) is 0 Å². The van der Waals surface area contributed by atoms with Crippen molar-refractivity contribution in [1.29, 1.82) is 5.26 Å². The molecule has 1 aliphatic carbocycles. The summed E-state index contributed by atoms with van der Waals surface area (Å²) in [5, 5.41) is 9.17. The van der Waals surface area contributed by atoms with Crippen LogP contribution < -0.4 is 0 Å². The molecule has 0 spiro atoms. The van der Waals surface area contributed by atoms with Crippen LogP contribution in [0.5, 0.6) is 0 Å². The van der Waals surface area contributed by atoms with E-state index in [1.165, 1.54) is 38.6 Å². The largest absolute Gasteiger partial charge is 0.301 e. The standard InChI is InChI=1S/C15H27N3/c1-15(2,13-16)18-10-8-17(9-11-18)12-14-6-4-3-5-7-14/h14H,3-12H2,1-2H3. The molecule has 1 saturated carbocycles. The van der Waals surface area contributed by atoms with Crippen LogP contribution in [0.3, 0.4) is 0 Å². The van der Waals surface area contributed by atoms with Gasteiger partial charge in [-0.15, -0.1) is 0 Å². The van der Waals surface area contributed by atoms with Crippen molar-refractivity contribution < 1.29 is 0 Å². The molecule has 0 N–H and O–H groups in total. The Balaban J connectivity index is 1.75. The molecule has 18 heavy (non-hydrogen) atoms. The molecule has 1 heterocycles. The van der Waals surface area contributed by atoms with Gasteiger partial charge in [-0.2, -0.15) is 5.26 Å². The Morgan fingerprint density at radius 1 is 1.06 bits per heavy atom. The summed E-state index contributed by atoms with van der Waals surface area (Å²) in [5.41, 5.74) is -0.295. The molecule has 2 fully saturated rings. The monoisotopic (exact) mass is 249 g/mol. The number of hydrogen-bond acceptors (Lipinski definition) is 3. The Labute approximate surface area is 112 Å². The Morgan fingerprint density at radius 3 is 2.22 bits per heavy atom. The first kappa shape index (κ1) is 13.8. The highest BCUT2D eigenvalue weighted by Crippen LogP contribution is 2.25. The zero-order valence-corrected chi connectivity index (χ0v) is 12.0. The van der Waals surface area contributed by atoms with Gasteiger partial charge >= 0.3 is 0 Å². The minimum Gasteiger partial charge on any atom is -0.301 e. The number of nitrogens with zero attached hydrogens (tertiary/aromatic N) is 3. The molecule has 0 atom stereocenters. The van der Waals surface area contributed by atoms with Gasteiger partial charge < -0.3 is 4.90 Å². The van der Waals surface area contributed by atoms with Crippen LogP contribution in [0.2, 0.25) is 0 Å². The molecule has 0 aromatic heterocycles. The Kier molecular flexibility index (Phi) is 4.64. The van der Waals surface area contributed by atoms with Crippen LogP contribution in [0, 0.1) is 17.2 Å². The van der Waals surface area contributed by atoms with E-state index in [2.05, 4.69) is 15.9 Å². The minimum absolute atomic E-state index is 0.295. The molecular weight excluding hydrogens is 222 g/mol. The van der Waals surface area contributed by atoms with E-state index in [1.807, 2.05) is 13.8 Å². The van der Waals surface area contributed by atoms with Crippen LogP contribution in [0.4, 0.5) is 0 Å². The first-order chi connectivity index (χ1) is 8.62. The van der Waals surface area contributed by atoms with E-state index < -0.39 is 0 Å². The van der Waals surface area contributed by atoms with Crippen LogP contribution in [0.25, 0.3) is 0 Å². The minimum atomic E-state index is -0.295. The molecule has 0 aromatic carbocycles. The highest BCUT2D eigenvalue weighted by molar-refractivity contribution is 5.02. The van der Waals surface area contributed by atoms with Crippen molar-refractivity contribution in [2.45, 2.75) is 51.5 Å². The molecule has 1 saturated heterocycles. The van der Waals surface area contributed by atoms with E-state index in [0.29, 0.717) is 0 Å². The summed E-state index contributed by atoms with van der Waals surface area (Å²) in [6.07, 6.45) is 7.19. The van der Waals surface area contributed by atoms with Crippen molar-refractivity contribution in [3.05, 3.63) is 0 Å². The smallest absolute Gasteiger partial charge is 0.103 e. The van der Waals surface area contributed by atoms with Crippen LogP contribution in [0.15, 0.2) is 0 Å². The van der Waals surface area contributed by atoms with E-state index in [1.54, 1.807) is 0 Å². The van der Waals surface area contributed by atoms with Gasteiger partial charge in [0.15, 0.2) is 0 Å². The van der Waals surface area contributed by atoms with Crippen molar-refractivity contribution in [2.75, 3.05) is 32.7 Å². The van der Waals surface area contributed by atoms with Gasteiger partial charge in [0.05, 0.1) is 6.07 Å². The predicted molar refractivity (Wildman–Crippen MR) is 74.3 cm³/mol. The van der Waals surface area contributed by atoms with Gasteiger partial charge in [-0.3, -0.25) is 4.90 Å². The van der Waals surface area contributed by atoms with Gasteiger partial charge in [-0.1, -0.05) is 19.3 Å². The average Bonchev–Trinajstić information content (AvgIpc) is 2.40. The third-order valence-corrected chi connectivity index (χ3v) is 4.68. The quantitative estimate of drug-likeness (QED) is 0.770. The van der Waals surface area contributed by atoms with Gasteiger partial charge in [0.1, 0.15) is 5.54 Å². The van der Waals surface area contributed by atoms with Crippen LogP contribution in [-0.2, 0) is 0 Å². The molecule has 2 aliphatic rings. The molecular formula is C15H27N3. The second kappa shape index (κ2) is 6.04. The van der Waals surface area contributed by atoms with Crippen molar-refractivity contribution >= 4 is 0 Å². The molecule has 0 aromatic rings. The molecule has 1 aliphatic heterocycles. The lowest BCUT2D eigenvalue weighted by Crippen LogP contribution is -2.54. The van der Waals surface area contributed by atoms with E-state index in [4.69, 9.17) is 5.26 Å². The topological polar surface area (TPSA) is 30.3 Å². The molecule has 3 heteroatoms. The first-order valence-corrected chi connectivity index (χ1v) is 7.50. The fourth-order valence-corrected chi connectivity index (χ4v) is 3.30. The summed E-state index contributed by atoms with van der Waals surface area (Å²) in [5.74, 6) is 0.939. The lowest BCUT2D eigenvalue weighted by molar-refractivity contribution is 0.0675. The second-order valence-corrected chi connectivity index (χ2v) is 6.46. The third kappa shape index (κ3) is 3.46. The third-order valence-electron chi connectivity index (χ3n) is 4.68. The summed E-state index contributed by atoms with van der Waals surface area (Å²) in [6.45, 7) is 9.73. The number of hydrogen-bond donors (Lipinski definition) is 0. The van der Waals surface area contributed by atoms with Crippen LogP contribution in [0.1, 0.15) is 46.0 Å². The summed E-state index contributed by atoms with van der Waals surface area (Å²) >= 11 is 0. The molecule has 0 bridgehead atoms. The highest BCUT2D eigenvalue weighted by Gasteiger charge is 2.30. The van der Waals surface area contributed by atoms with Gasteiger partial charge in [0, 0.05) is 32.7 Å². The Bertz CT molecular complexity index is 291. The maximum absolute atomic E-state index is 9.17. The first-order valence-electron chi connectivity index (χ1n) is 7.50. The number of piperazine rings is 1. The SMILES string of the molecule is CC(C)(C#N)N1CCN(CC2CCCCC2)CC1. The molecule has 0 amide bonds. The van der Waals surface area contributed by atoms with Crippen molar-refractivity contribution in [2.24, 2.45) is 5.92 Å². The fourth-order valence-electron chi connectivity index (χ4n) is 3.30. The highest BCUT2D eigenvalue weighted by atomic mass is 15.3. The van der Waals surface area contributed by atoms with E-state index in [-0.39, 0.29) is 5.54 Å². The van der Waals surface area contributed by atoms with E-state index >= 15 is 0 Å². The lowest BCUT2D eigenvalue weighted by atomic mass is 9.89. The molecule has 0 radical (unpaired) electrons. The maximum Gasteiger partial charge on any atom is 0.103 e. The van der Waals surface area contributed by atoms with Crippen molar-refractivity contribution in [3.63, 3.8) is 0 Å². The zero-order chi connectivity index (χ0) is 13.0. The summed E-state index contributed by atoms with van der Waals surface area (Å²) in [7, 11) is 0. The molecule has 102 valence electrons. The fraction of sp³-hybridized carbons (Fsp3) is 0.933. The van der Waals surface area contributed by atoms with Gasteiger partial charge in [-0.05, 0) is 32.6 Å².